The van der Waals surface area contributed by atoms with Gasteiger partial charge in [-0.2, -0.15) is 0 Å². The Morgan fingerprint density at radius 1 is 1.19 bits per heavy atom. The molecule has 2 aromatic rings. The monoisotopic (exact) mass is 284 g/mol. The number of benzene rings is 1. The number of ether oxygens (including phenoxy) is 1. The van der Waals surface area contributed by atoms with Gasteiger partial charge < -0.3 is 9.64 Å². The molecule has 1 aromatic heterocycles. The Hall–Kier alpha value is -2.36. The fourth-order valence-corrected chi connectivity index (χ4v) is 2.06. The molecule has 0 aliphatic heterocycles. The molecule has 1 heterocycles. The fourth-order valence-electron chi connectivity index (χ4n) is 2.06. The fraction of sp³-hybridized carbons (Fsp3) is 0.294. The Morgan fingerprint density at radius 3 is 2.43 bits per heavy atom. The second-order valence-corrected chi connectivity index (χ2v) is 5.08. The molecule has 0 saturated carbocycles. The highest BCUT2D eigenvalue weighted by atomic mass is 16.5. The van der Waals surface area contributed by atoms with Crippen molar-refractivity contribution in [2.45, 2.75) is 13.8 Å². The van der Waals surface area contributed by atoms with Crippen LogP contribution in [0, 0.1) is 6.92 Å². The van der Waals surface area contributed by atoms with Gasteiger partial charge in [-0.05, 0) is 43.7 Å². The summed E-state index contributed by atoms with van der Waals surface area (Å²) in [6, 6.07) is 11.8. The molecule has 0 fully saturated rings. The predicted molar refractivity (Wildman–Crippen MR) is 84.7 cm³/mol. The van der Waals surface area contributed by atoms with Crippen molar-refractivity contribution in [2.24, 2.45) is 0 Å². The zero-order chi connectivity index (χ0) is 15.4. The molecule has 21 heavy (non-hydrogen) atoms. The maximum absolute atomic E-state index is 11.8. The Labute approximate surface area is 125 Å². The zero-order valence-corrected chi connectivity index (χ0v) is 12.9. The number of aromatic nitrogens is 1. The van der Waals surface area contributed by atoms with E-state index < -0.39 is 0 Å². The van der Waals surface area contributed by atoms with Crippen LogP contribution < -0.4 is 4.90 Å². The van der Waals surface area contributed by atoms with E-state index in [-0.39, 0.29) is 5.97 Å². The van der Waals surface area contributed by atoms with E-state index in [9.17, 15) is 4.79 Å². The van der Waals surface area contributed by atoms with Crippen molar-refractivity contribution in [3.63, 3.8) is 0 Å². The lowest BCUT2D eigenvalue weighted by Gasteiger charge is -2.13. The van der Waals surface area contributed by atoms with Gasteiger partial charge in [0.05, 0.1) is 12.3 Å². The molecule has 0 radical (unpaired) electrons. The number of aryl methyl sites for hydroxylation is 1. The molecular formula is C17H20N2O2. The van der Waals surface area contributed by atoms with Gasteiger partial charge in [-0.3, -0.25) is 0 Å². The second kappa shape index (κ2) is 6.39. The third kappa shape index (κ3) is 3.60. The number of esters is 1. The van der Waals surface area contributed by atoms with Crippen molar-refractivity contribution >= 4 is 11.7 Å². The summed E-state index contributed by atoms with van der Waals surface area (Å²) in [5.74, 6) is -0.382. The van der Waals surface area contributed by atoms with Crippen LogP contribution in [0.1, 0.15) is 23.0 Å². The van der Waals surface area contributed by atoms with Crippen LogP contribution in [0.25, 0.3) is 11.3 Å². The number of rotatable bonds is 4. The van der Waals surface area contributed by atoms with Crippen LogP contribution in [-0.2, 0) is 4.74 Å². The molecular weight excluding hydrogens is 264 g/mol. The second-order valence-electron chi connectivity index (χ2n) is 5.08. The topological polar surface area (TPSA) is 42.4 Å². The highest BCUT2D eigenvalue weighted by Crippen LogP contribution is 2.22. The standard InChI is InChI=1S/C17H20N2O2/c1-5-21-17(20)16-11-12(2)10-15(18-16)13-6-8-14(9-7-13)19(3)4/h6-11H,5H2,1-4H3. The van der Waals surface area contributed by atoms with Gasteiger partial charge in [-0.1, -0.05) is 12.1 Å². The molecule has 0 spiro atoms. The number of pyridine rings is 1. The number of hydrogen-bond donors (Lipinski definition) is 0. The average Bonchev–Trinajstić information content (AvgIpc) is 2.47. The molecule has 0 aliphatic rings. The van der Waals surface area contributed by atoms with E-state index >= 15 is 0 Å². The molecule has 110 valence electrons. The Morgan fingerprint density at radius 2 is 1.86 bits per heavy atom. The summed E-state index contributed by atoms with van der Waals surface area (Å²) in [6.07, 6.45) is 0. The molecule has 0 atom stereocenters. The van der Waals surface area contributed by atoms with E-state index in [1.165, 1.54) is 0 Å². The van der Waals surface area contributed by atoms with Crippen molar-refractivity contribution in [2.75, 3.05) is 25.6 Å². The van der Waals surface area contributed by atoms with Crippen LogP contribution in [0.4, 0.5) is 5.69 Å². The Bertz CT molecular complexity index is 634. The number of hydrogen-bond acceptors (Lipinski definition) is 4. The van der Waals surface area contributed by atoms with Crippen molar-refractivity contribution < 1.29 is 9.53 Å². The van der Waals surface area contributed by atoms with Gasteiger partial charge in [0.15, 0.2) is 0 Å². The summed E-state index contributed by atoms with van der Waals surface area (Å²) >= 11 is 0. The molecule has 0 unspecified atom stereocenters. The summed E-state index contributed by atoms with van der Waals surface area (Å²) in [6.45, 7) is 4.08. The average molecular weight is 284 g/mol. The normalized spacial score (nSPS) is 10.3. The summed E-state index contributed by atoms with van der Waals surface area (Å²) in [4.78, 5) is 18.3. The Balaban J connectivity index is 2.37. The maximum atomic E-state index is 11.8. The van der Waals surface area contributed by atoms with E-state index in [0.717, 1.165) is 22.5 Å². The summed E-state index contributed by atoms with van der Waals surface area (Å²) in [7, 11) is 4.00. The first-order valence-corrected chi connectivity index (χ1v) is 6.95. The molecule has 0 aliphatic carbocycles. The minimum atomic E-state index is -0.382. The van der Waals surface area contributed by atoms with Crippen LogP contribution >= 0.6 is 0 Å². The van der Waals surface area contributed by atoms with Gasteiger partial charge in [0.25, 0.3) is 0 Å². The summed E-state index contributed by atoms with van der Waals surface area (Å²) in [5.41, 5.74) is 4.22. The van der Waals surface area contributed by atoms with E-state index in [4.69, 9.17) is 4.74 Å². The molecule has 0 bridgehead atoms. The highest BCUT2D eigenvalue weighted by Gasteiger charge is 2.11. The van der Waals surface area contributed by atoms with E-state index in [0.29, 0.717) is 12.3 Å². The van der Waals surface area contributed by atoms with Crippen molar-refractivity contribution in [1.82, 2.24) is 4.98 Å². The maximum Gasteiger partial charge on any atom is 0.356 e. The van der Waals surface area contributed by atoms with E-state index in [1.54, 1.807) is 13.0 Å². The lowest BCUT2D eigenvalue weighted by atomic mass is 10.1. The number of carbonyl (C=O) groups is 1. The van der Waals surface area contributed by atoms with Crippen LogP contribution in [-0.4, -0.2) is 31.7 Å². The SMILES string of the molecule is CCOC(=O)c1cc(C)cc(-c2ccc(N(C)C)cc2)n1. The molecule has 4 heteroatoms. The third-order valence-corrected chi connectivity index (χ3v) is 3.13. The third-order valence-electron chi connectivity index (χ3n) is 3.13. The first kappa shape index (κ1) is 15.0. The van der Waals surface area contributed by atoms with Crippen molar-refractivity contribution in [3.8, 4) is 11.3 Å². The van der Waals surface area contributed by atoms with Crippen LogP contribution in [0.15, 0.2) is 36.4 Å². The smallest absolute Gasteiger partial charge is 0.356 e. The van der Waals surface area contributed by atoms with Crippen molar-refractivity contribution in [1.29, 1.82) is 0 Å². The van der Waals surface area contributed by atoms with E-state index in [1.807, 2.05) is 56.3 Å². The van der Waals surface area contributed by atoms with Crippen LogP contribution in [0.2, 0.25) is 0 Å². The zero-order valence-electron chi connectivity index (χ0n) is 12.9. The first-order valence-electron chi connectivity index (χ1n) is 6.95. The number of anilines is 1. The van der Waals surface area contributed by atoms with Crippen LogP contribution in [0.5, 0.6) is 0 Å². The lowest BCUT2D eigenvalue weighted by molar-refractivity contribution is 0.0519. The minimum Gasteiger partial charge on any atom is -0.461 e. The lowest BCUT2D eigenvalue weighted by Crippen LogP contribution is -2.09. The number of carbonyl (C=O) groups excluding carboxylic acids is 1. The Kier molecular flexibility index (Phi) is 4.58. The summed E-state index contributed by atoms with van der Waals surface area (Å²) < 4.78 is 5.02. The van der Waals surface area contributed by atoms with Gasteiger partial charge in [-0.15, -0.1) is 0 Å². The largest absolute Gasteiger partial charge is 0.461 e. The molecule has 0 amide bonds. The molecule has 4 nitrogen and oxygen atoms in total. The minimum absolute atomic E-state index is 0.349. The van der Waals surface area contributed by atoms with Crippen molar-refractivity contribution in [3.05, 3.63) is 47.7 Å². The quantitative estimate of drug-likeness (QED) is 0.808. The summed E-state index contributed by atoms with van der Waals surface area (Å²) in [5, 5.41) is 0. The number of nitrogens with zero attached hydrogens (tertiary/aromatic N) is 2. The molecule has 2 rings (SSSR count). The molecule has 1 aromatic carbocycles. The van der Waals surface area contributed by atoms with Gasteiger partial charge in [0.2, 0.25) is 0 Å². The first-order chi connectivity index (χ1) is 10.0. The van der Waals surface area contributed by atoms with Gasteiger partial charge >= 0.3 is 5.97 Å². The van der Waals surface area contributed by atoms with Gasteiger partial charge in [0.1, 0.15) is 5.69 Å². The highest BCUT2D eigenvalue weighted by molar-refractivity contribution is 5.88. The van der Waals surface area contributed by atoms with Crippen LogP contribution in [0.3, 0.4) is 0 Å². The molecule has 0 saturated heterocycles. The van der Waals surface area contributed by atoms with E-state index in [2.05, 4.69) is 4.98 Å². The van der Waals surface area contributed by atoms with Gasteiger partial charge in [-0.25, -0.2) is 9.78 Å². The van der Waals surface area contributed by atoms with Gasteiger partial charge in [0, 0.05) is 25.3 Å². The predicted octanol–water partition coefficient (Wildman–Crippen LogP) is 3.30. The molecule has 0 N–H and O–H groups in total.